The van der Waals surface area contributed by atoms with Crippen molar-refractivity contribution in [1.29, 1.82) is 0 Å². The Kier molecular flexibility index (Phi) is 5.27. The predicted octanol–water partition coefficient (Wildman–Crippen LogP) is 3.51. The maximum atomic E-state index is 11.6. The van der Waals surface area contributed by atoms with Gasteiger partial charge in [-0.1, -0.05) is 11.6 Å². The van der Waals surface area contributed by atoms with Crippen molar-refractivity contribution >= 4 is 44.8 Å². The number of nitrogens with zero attached hydrogens (tertiary/aromatic N) is 1. The Morgan fingerprint density at radius 2 is 2.36 bits per heavy atom. The summed E-state index contributed by atoms with van der Waals surface area (Å²) in [5.74, 6) is 0.390. The quantitative estimate of drug-likeness (QED) is 0.503. The van der Waals surface area contributed by atoms with Gasteiger partial charge in [0, 0.05) is 17.4 Å². The fourth-order valence-electron chi connectivity index (χ4n) is 2.55. The lowest BCUT2D eigenvalue weighted by atomic mass is 10.1. The van der Waals surface area contributed by atoms with Crippen LogP contribution >= 0.6 is 22.9 Å². The average Bonchev–Trinajstić information content (AvgIpc) is 3.21. The molecule has 0 radical (unpaired) electrons. The molecular formula is C17H18ClN3O3S. The molecule has 3 heterocycles. The maximum Gasteiger partial charge on any atom is 0.323 e. The van der Waals surface area contributed by atoms with Crippen molar-refractivity contribution in [2.24, 2.45) is 5.73 Å². The van der Waals surface area contributed by atoms with Crippen LogP contribution in [-0.4, -0.2) is 24.1 Å². The van der Waals surface area contributed by atoms with E-state index in [1.165, 1.54) is 7.11 Å². The molecule has 0 saturated heterocycles. The van der Waals surface area contributed by atoms with Gasteiger partial charge in [0.1, 0.15) is 17.0 Å². The molecule has 3 aromatic rings. The number of esters is 1. The number of hydrogen-bond acceptors (Lipinski definition) is 7. The first-order valence-corrected chi connectivity index (χ1v) is 8.87. The van der Waals surface area contributed by atoms with Gasteiger partial charge >= 0.3 is 5.97 Å². The second-order valence-electron chi connectivity index (χ2n) is 5.59. The van der Waals surface area contributed by atoms with Crippen molar-refractivity contribution in [1.82, 2.24) is 4.98 Å². The highest BCUT2D eigenvalue weighted by Crippen LogP contribution is 2.37. The number of furan rings is 1. The van der Waals surface area contributed by atoms with E-state index in [2.05, 4.69) is 10.3 Å². The second-order valence-corrected chi connectivity index (χ2v) is 7.08. The molecule has 0 spiro atoms. The molecule has 25 heavy (non-hydrogen) atoms. The number of aromatic nitrogens is 1. The number of thiophene rings is 1. The summed E-state index contributed by atoms with van der Waals surface area (Å²) in [5.41, 5.74) is 8.56. The van der Waals surface area contributed by atoms with E-state index < -0.39 is 12.0 Å². The fourth-order valence-corrected chi connectivity index (χ4v) is 4.04. The zero-order valence-corrected chi connectivity index (χ0v) is 15.4. The molecule has 0 unspecified atom stereocenters. The largest absolute Gasteiger partial charge is 0.468 e. The number of carbonyl (C=O) groups excluding carboxylic acids is 1. The molecule has 3 N–H and O–H groups in total. The number of anilines is 1. The Morgan fingerprint density at radius 3 is 3.04 bits per heavy atom. The number of nitrogens with two attached hydrogens (primary N) is 1. The molecular weight excluding hydrogens is 362 g/mol. The molecule has 0 fully saturated rings. The molecule has 0 aromatic carbocycles. The first-order chi connectivity index (χ1) is 12.0. The van der Waals surface area contributed by atoms with Crippen molar-refractivity contribution in [2.75, 3.05) is 12.4 Å². The van der Waals surface area contributed by atoms with Gasteiger partial charge in [-0.05, 0) is 24.6 Å². The van der Waals surface area contributed by atoms with Crippen molar-refractivity contribution in [3.8, 4) is 0 Å². The van der Waals surface area contributed by atoms with Crippen LogP contribution in [0.5, 0.6) is 0 Å². The monoisotopic (exact) mass is 379 g/mol. The lowest BCUT2D eigenvalue weighted by molar-refractivity contribution is -0.142. The SMILES string of the molecule is COC(=O)[C@H](N)Cc1sc2c(NCc3ccco3)cc(Cl)nc2c1C. The lowest BCUT2D eigenvalue weighted by Crippen LogP contribution is -2.33. The van der Waals surface area contributed by atoms with Crippen LogP contribution in [0.15, 0.2) is 28.9 Å². The van der Waals surface area contributed by atoms with Gasteiger partial charge in [-0.2, -0.15) is 0 Å². The van der Waals surface area contributed by atoms with E-state index in [4.69, 9.17) is 26.5 Å². The second kappa shape index (κ2) is 7.43. The molecule has 6 nitrogen and oxygen atoms in total. The Balaban J connectivity index is 1.92. The number of halogens is 1. The van der Waals surface area contributed by atoms with E-state index in [-0.39, 0.29) is 0 Å². The lowest BCUT2D eigenvalue weighted by Gasteiger charge is -2.07. The van der Waals surface area contributed by atoms with Gasteiger partial charge in [0.15, 0.2) is 0 Å². The van der Waals surface area contributed by atoms with E-state index in [0.29, 0.717) is 18.1 Å². The van der Waals surface area contributed by atoms with Crippen LogP contribution in [0, 0.1) is 6.92 Å². The smallest absolute Gasteiger partial charge is 0.323 e. The summed E-state index contributed by atoms with van der Waals surface area (Å²) in [6.45, 7) is 2.49. The molecule has 0 aliphatic rings. The van der Waals surface area contributed by atoms with Gasteiger partial charge in [0.05, 0.1) is 35.8 Å². The number of aryl methyl sites for hydroxylation is 1. The number of methoxy groups -OCH3 is 1. The molecule has 132 valence electrons. The number of rotatable bonds is 6. The Labute approximate surface area is 153 Å². The average molecular weight is 380 g/mol. The number of carbonyl (C=O) groups is 1. The number of hydrogen-bond donors (Lipinski definition) is 2. The zero-order valence-electron chi connectivity index (χ0n) is 13.8. The van der Waals surface area contributed by atoms with Crippen LogP contribution in [0.1, 0.15) is 16.2 Å². The Morgan fingerprint density at radius 1 is 1.56 bits per heavy atom. The fraction of sp³-hybridized carbons (Fsp3) is 0.294. The van der Waals surface area contributed by atoms with E-state index in [9.17, 15) is 4.79 Å². The first kappa shape index (κ1) is 17.7. The number of nitrogens with one attached hydrogen (secondary N) is 1. The van der Waals surface area contributed by atoms with Crippen LogP contribution in [0.2, 0.25) is 5.15 Å². The van der Waals surface area contributed by atoms with Gasteiger partial charge in [-0.25, -0.2) is 4.98 Å². The van der Waals surface area contributed by atoms with E-state index in [1.807, 2.05) is 19.1 Å². The van der Waals surface area contributed by atoms with Crippen LogP contribution < -0.4 is 11.1 Å². The molecule has 0 bridgehead atoms. The van der Waals surface area contributed by atoms with Gasteiger partial charge in [0.2, 0.25) is 0 Å². The predicted molar refractivity (Wildman–Crippen MR) is 99.1 cm³/mol. The Hall–Kier alpha value is -2.09. The standard InChI is InChI=1S/C17H18ClN3O3S/c1-9-13(6-11(19)17(22)23-2)25-16-12(7-14(18)21-15(9)16)20-8-10-4-3-5-24-10/h3-5,7,11H,6,8,19H2,1-2H3,(H,20,21)/t11-/m1/s1. The highest BCUT2D eigenvalue weighted by Gasteiger charge is 2.20. The maximum absolute atomic E-state index is 11.6. The van der Waals surface area contributed by atoms with E-state index in [0.717, 1.165) is 32.1 Å². The summed E-state index contributed by atoms with van der Waals surface area (Å²) in [6, 6.07) is 4.82. The minimum Gasteiger partial charge on any atom is -0.468 e. The van der Waals surface area contributed by atoms with E-state index in [1.54, 1.807) is 23.7 Å². The van der Waals surface area contributed by atoms with Gasteiger partial charge < -0.3 is 20.2 Å². The van der Waals surface area contributed by atoms with Crippen LogP contribution in [0.3, 0.4) is 0 Å². The minimum absolute atomic E-state index is 0.398. The van der Waals surface area contributed by atoms with E-state index >= 15 is 0 Å². The molecule has 3 rings (SSSR count). The third-order valence-electron chi connectivity index (χ3n) is 3.88. The molecule has 0 amide bonds. The Bertz CT molecular complexity index is 892. The summed E-state index contributed by atoms with van der Waals surface area (Å²) in [4.78, 5) is 17.0. The summed E-state index contributed by atoms with van der Waals surface area (Å²) in [6.07, 6.45) is 2.03. The summed E-state index contributed by atoms with van der Waals surface area (Å²) < 4.78 is 11.0. The third kappa shape index (κ3) is 3.78. The van der Waals surface area contributed by atoms with Gasteiger partial charge in [-0.15, -0.1) is 11.3 Å². The highest BCUT2D eigenvalue weighted by atomic mass is 35.5. The molecule has 8 heteroatoms. The van der Waals surface area contributed by atoms with Crippen molar-refractivity contribution in [3.63, 3.8) is 0 Å². The number of pyridine rings is 1. The zero-order chi connectivity index (χ0) is 18.0. The van der Waals surface area contributed by atoms with Crippen LogP contribution in [0.4, 0.5) is 5.69 Å². The van der Waals surface area contributed by atoms with Crippen molar-refractivity contribution in [2.45, 2.75) is 25.9 Å². The van der Waals surface area contributed by atoms with Gasteiger partial charge in [-0.3, -0.25) is 4.79 Å². The molecule has 0 aliphatic heterocycles. The summed E-state index contributed by atoms with van der Waals surface area (Å²) >= 11 is 7.73. The normalized spacial score (nSPS) is 12.3. The van der Waals surface area contributed by atoms with Crippen LogP contribution in [0.25, 0.3) is 10.2 Å². The van der Waals surface area contributed by atoms with Gasteiger partial charge in [0.25, 0.3) is 0 Å². The summed E-state index contributed by atoms with van der Waals surface area (Å²) in [7, 11) is 1.33. The third-order valence-corrected chi connectivity index (χ3v) is 5.41. The number of ether oxygens (including phenoxy) is 1. The minimum atomic E-state index is -0.702. The topological polar surface area (TPSA) is 90.4 Å². The summed E-state index contributed by atoms with van der Waals surface area (Å²) in [5, 5.41) is 3.73. The number of fused-ring (bicyclic) bond motifs is 1. The van der Waals surface area contributed by atoms with Crippen molar-refractivity contribution < 1.29 is 13.9 Å². The molecule has 0 aliphatic carbocycles. The highest BCUT2D eigenvalue weighted by molar-refractivity contribution is 7.19. The van der Waals surface area contributed by atoms with Crippen molar-refractivity contribution in [3.05, 3.63) is 45.8 Å². The van der Waals surface area contributed by atoms with Crippen LogP contribution in [-0.2, 0) is 22.5 Å². The molecule has 1 atom stereocenters. The first-order valence-electron chi connectivity index (χ1n) is 7.67. The molecule has 3 aromatic heterocycles. The molecule has 0 saturated carbocycles.